The van der Waals surface area contributed by atoms with Gasteiger partial charge in [0.15, 0.2) is 5.76 Å². The molecule has 0 amide bonds. The summed E-state index contributed by atoms with van der Waals surface area (Å²) in [6, 6.07) is 7.27. The molecule has 0 fully saturated rings. The molecule has 0 aromatic heterocycles. The molecule has 1 aromatic carbocycles. The zero-order chi connectivity index (χ0) is 7.68. The van der Waals surface area contributed by atoms with Gasteiger partial charge in [0.1, 0.15) is 12.4 Å². The van der Waals surface area contributed by atoms with Gasteiger partial charge in [-0.05, 0) is 12.1 Å². The summed E-state index contributed by atoms with van der Waals surface area (Å²) in [5.41, 5.74) is 0.666. The summed E-state index contributed by atoms with van der Waals surface area (Å²) in [6.07, 6.45) is 1.54. The van der Waals surface area contributed by atoms with E-state index in [-0.39, 0.29) is 5.76 Å². The molecule has 2 rings (SSSR count). The first-order valence-electron chi connectivity index (χ1n) is 3.47. The average molecular weight is 147 g/mol. The maximum Gasteiger partial charge on any atom is 0.188 e. The molecule has 1 aromatic rings. The molecule has 1 heterocycles. The molecule has 11 heavy (non-hydrogen) atoms. The molecule has 0 atom stereocenters. The van der Waals surface area contributed by atoms with E-state index in [1.165, 1.54) is 0 Å². The zero-order valence-electron chi connectivity index (χ0n) is 5.91. The van der Waals surface area contributed by atoms with Crippen molar-refractivity contribution < 1.29 is 9.84 Å². The summed E-state index contributed by atoms with van der Waals surface area (Å²) in [5.74, 6) is 0.756. The molecule has 0 bridgehead atoms. The summed E-state index contributed by atoms with van der Waals surface area (Å²) in [6.45, 7) is 0.399. The minimum atomic E-state index is 0.0619. The quantitative estimate of drug-likeness (QED) is 0.550. The zero-order valence-corrected chi connectivity index (χ0v) is 5.91. The van der Waals surface area contributed by atoms with Gasteiger partial charge in [-0.3, -0.25) is 5.11 Å². The molecule has 0 saturated carbocycles. The van der Waals surface area contributed by atoms with Crippen molar-refractivity contribution in [1.82, 2.24) is 0 Å². The Morgan fingerprint density at radius 3 is 2.91 bits per heavy atom. The fourth-order valence-corrected chi connectivity index (χ4v) is 1.11. The van der Waals surface area contributed by atoms with Crippen molar-refractivity contribution in [2.45, 2.75) is 0 Å². The number of benzene rings is 1. The van der Waals surface area contributed by atoms with Gasteiger partial charge in [0, 0.05) is 6.08 Å². The Labute approximate surface area is 64.7 Å². The number of hydrogen-bond donors (Lipinski definition) is 0. The summed E-state index contributed by atoms with van der Waals surface area (Å²) < 4.78 is 5.22. The van der Waals surface area contributed by atoms with Gasteiger partial charge < -0.3 is 4.74 Å². The lowest BCUT2D eigenvalue weighted by Crippen LogP contribution is -2.02. The average Bonchev–Trinajstić information content (AvgIpc) is 2.06. The first-order chi connectivity index (χ1) is 5.38. The largest absolute Gasteiger partial charge is 0.489 e. The predicted molar refractivity (Wildman–Crippen MR) is 40.6 cm³/mol. The first-order valence-corrected chi connectivity index (χ1v) is 3.47. The fraction of sp³-hybridized carbons (Fsp3) is 0.111. The van der Waals surface area contributed by atoms with Crippen LogP contribution in [-0.2, 0) is 5.11 Å². The summed E-state index contributed by atoms with van der Waals surface area (Å²) in [5, 5.41) is 11.1. The maximum atomic E-state index is 11.1. The third kappa shape index (κ3) is 0.963. The fourth-order valence-electron chi connectivity index (χ4n) is 1.11. The molecule has 0 N–H and O–H groups in total. The Kier molecular flexibility index (Phi) is 1.32. The second-order valence-electron chi connectivity index (χ2n) is 2.38. The highest BCUT2D eigenvalue weighted by Crippen LogP contribution is 2.27. The van der Waals surface area contributed by atoms with E-state index in [1.54, 1.807) is 18.2 Å². The van der Waals surface area contributed by atoms with Crippen LogP contribution in [0.2, 0.25) is 0 Å². The highest BCUT2D eigenvalue weighted by atomic mass is 16.5. The third-order valence-electron chi connectivity index (χ3n) is 1.66. The van der Waals surface area contributed by atoms with Crippen LogP contribution >= 0.6 is 0 Å². The minimum Gasteiger partial charge on any atom is -0.489 e. The van der Waals surface area contributed by atoms with E-state index in [0.717, 1.165) is 0 Å². The van der Waals surface area contributed by atoms with E-state index in [4.69, 9.17) is 4.74 Å². The van der Waals surface area contributed by atoms with Crippen molar-refractivity contribution in [3.63, 3.8) is 0 Å². The number of para-hydroxylation sites is 1. The molecule has 0 saturated heterocycles. The van der Waals surface area contributed by atoms with Crippen LogP contribution in [0.15, 0.2) is 30.3 Å². The van der Waals surface area contributed by atoms with Crippen LogP contribution in [0.4, 0.5) is 0 Å². The highest BCUT2D eigenvalue weighted by molar-refractivity contribution is 5.65. The van der Waals surface area contributed by atoms with Gasteiger partial charge in [0.25, 0.3) is 0 Å². The van der Waals surface area contributed by atoms with Crippen LogP contribution in [0.25, 0.3) is 5.76 Å². The van der Waals surface area contributed by atoms with E-state index in [9.17, 15) is 5.11 Å². The van der Waals surface area contributed by atoms with Crippen LogP contribution in [0, 0.1) is 0 Å². The lowest BCUT2D eigenvalue weighted by atomic mass is 10.1. The van der Waals surface area contributed by atoms with Crippen molar-refractivity contribution in [3.8, 4) is 5.75 Å². The number of hydrogen-bond acceptors (Lipinski definition) is 1. The summed E-state index contributed by atoms with van der Waals surface area (Å²) >= 11 is 0. The van der Waals surface area contributed by atoms with Crippen LogP contribution < -0.4 is 4.74 Å². The molecule has 2 nitrogen and oxygen atoms in total. The number of fused-ring (bicyclic) bond motifs is 1. The van der Waals surface area contributed by atoms with E-state index < -0.39 is 0 Å². The minimum absolute atomic E-state index is 0.0619. The van der Waals surface area contributed by atoms with Crippen molar-refractivity contribution in [3.05, 3.63) is 35.9 Å². The Morgan fingerprint density at radius 1 is 1.27 bits per heavy atom. The van der Waals surface area contributed by atoms with Gasteiger partial charge in [-0.15, -0.1) is 0 Å². The second kappa shape index (κ2) is 2.31. The van der Waals surface area contributed by atoms with Gasteiger partial charge in [0.2, 0.25) is 0 Å². The standard InChI is InChI=1S/C9H7O2/c10-8-5-6-11-9-4-2-1-3-7(8)9/h1-5H,6H2. The van der Waals surface area contributed by atoms with Gasteiger partial charge in [-0.1, -0.05) is 12.1 Å². The Bertz CT molecular complexity index is 302. The SMILES string of the molecule is [O]C1=CCOc2ccccc21. The van der Waals surface area contributed by atoms with Crippen LogP contribution in [0.3, 0.4) is 0 Å². The lowest BCUT2D eigenvalue weighted by molar-refractivity contribution is 0.326. The number of ether oxygens (including phenoxy) is 1. The highest BCUT2D eigenvalue weighted by Gasteiger charge is 2.12. The van der Waals surface area contributed by atoms with Gasteiger partial charge in [-0.25, -0.2) is 0 Å². The smallest absolute Gasteiger partial charge is 0.188 e. The van der Waals surface area contributed by atoms with Crippen molar-refractivity contribution in [2.24, 2.45) is 0 Å². The molecule has 0 aliphatic carbocycles. The Morgan fingerprint density at radius 2 is 2.09 bits per heavy atom. The lowest BCUT2D eigenvalue weighted by Gasteiger charge is -2.12. The van der Waals surface area contributed by atoms with E-state index >= 15 is 0 Å². The van der Waals surface area contributed by atoms with E-state index in [1.807, 2.05) is 12.1 Å². The van der Waals surface area contributed by atoms with E-state index in [2.05, 4.69) is 0 Å². The first kappa shape index (κ1) is 6.28. The van der Waals surface area contributed by atoms with Crippen LogP contribution in [0.1, 0.15) is 5.56 Å². The van der Waals surface area contributed by atoms with Gasteiger partial charge in [-0.2, -0.15) is 0 Å². The molecule has 1 aliphatic heterocycles. The van der Waals surface area contributed by atoms with Gasteiger partial charge >= 0.3 is 0 Å². The molecule has 0 spiro atoms. The summed E-state index contributed by atoms with van der Waals surface area (Å²) in [7, 11) is 0. The van der Waals surface area contributed by atoms with Crippen molar-refractivity contribution >= 4 is 5.76 Å². The Balaban J connectivity index is 2.56. The van der Waals surface area contributed by atoms with Crippen LogP contribution in [0.5, 0.6) is 5.75 Å². The topological polar surface area (TPSA) is 29.1 Å². The molecule has 1 radical (unpaired) electrons. The molecular formula is C9H7O2. The normalized spacial score (nSPS) is 14.7. The van der Waals surface area contributed by atoms with Crippen LogP contribution in [-0.4, -0.2) is 6.61 Å². The van der Waals surface area contributed by atoms with Crippen molar-refractivity contribution in [2.75, 3.05) is 6.61 Å². The molecule has 2 heteroatoms. The number of rotatable bonds is 0. The van der Waals surface area contributed by atoms with E-state index in [0.29, 0.717) is 17.9 Å². The Hall–Kier alpha value is -1.44. The maximum absolute atomic E-state index is 11.1. The molecule has 1 aliphatic rings. The van der Waals surface area contributed by atoms with Gasteiger partial charge in [0.05, 0.1) is 5.56 Å². The molecular weight excluding hydrogens is 140 g/mol. The monoisotopic (exact) mass is 147 g/mol. The predicted octanol–water partition coefficient (Wildman–Crippen LogP) is 1.85. The third-order valence-corrected chi connectivity index (χ3v) is 1.66. The second-order valence-corrected chi connectivity index (χ2v) is 2.38. The van der Waals surface area contributed by atoms with Crippen molar-refractivity contribution in [1.29, 1.82) is 0 Å². The molecule has 55 valence electrons. The summed E-state index contributed by atoms with van der Waals surface area (Å²) in [4.78, 5) is 0. The molecule has 0 unspecified atom stereocenters.